The molecule has 150 valence electrons. The van der Waals surface area contributed by atoms with Gasteiger partial charge in [-0.2, -0.15) is 5.10 Å². The van der Waals surface area contributed by atoms with E-state index in [9.17, 15) is 4.79 Å². The van der Waals surface area contributed by atoms with Crippen molar-refractivity contribution in [3.05, 3.63) is 83.8 Å². The van der Waals surface area contributed by atoms with Gasteiger partial charge in [-0.05, 0) is 31.2 Å². The first-order valence-electron chi connectivity index (χ1n) is 9.89. The molecular weight excluding hydrogens is 374 g/mol. The van der Waals surface area contributed by atoms with Crippen molar-refractivity contribution in [1.29, 1.82) is 0 Å². The molecular formula is C24H23N5O. The van der Waals surface area contributed by atoms with Crippen molar-refractivity contribution in [2.75, 3.05) is 5.32 Å². The first kappa shape index (κ1) is 19.5. The minimum atomic E-state index is -0.216. The Morgan fingerprint density at radius 1 is 0.933 bits per heavy atom. The molecule has 0 atom stereocenters. The number of pyridine rings is 1. The average molecular weight is 397 g/mol. The number of anilines is 1. The smallest absolute Gasteiger partial charge is 0.257 e. The first-order valence-corrected chi connectivity index (χ1v) is 9.89. The quantitative estimate of drug-likeness (QED) is 0.484. The van der Waals surface area contributed by atoms with E-state index in [4.69, 9.17) is 0 Å². The van der Waals surface area contributed by atoms with Crippen molar-refractivity contribution in [2.45, 2.75) is 26.7 Å². The van der Waals surface area contributed by atoms with Gasteiger partial charge < -0.3 is 5.32 Å². The molecule has 0 aliphatic carbocycles. The molecule has 0 saturated heterocycles. The Morgan fingerprint density at radius 2 is 1.67 bits per heavy atom. The lowest BCUT2D eigenvalue weighted by molar-refractivity contribution is 0.102. The summed E-state index contributed by atoms with van der Waals surface area (Å²) in [6, 6.07) is 21.1. The highest BCUT2D eigenvalue weighted by molar-refractivity contribution is 6.06. The molecule has 0 spiro atoms. The number of H-pyrrole nitrogens is 1. The maximum atomic E-state index is 13.0. The van der Waals surface area contributed by atoms with E-state index in [0.29, 0.717) is 22.8 Å². The van der Waals surface area contributed by atoms with Gasteiger partial charge in [0.05, 0.1) is 22.6 Å². The van der Waals surface area contributed by atoms with Crippen LogP contribution in [0.1, 0.15) is 41.6 Å². The number of aromatic nitrogens is 4. The van der Waals surface area contributed by atoms with E-state index in [1.54, 1.807) is 0 Å². The van der Waals surface area contributed by atoms with Crippen molar-refractivity contribution < 1.29 is 4.79 Å². The molecule has 0 saturated carbocycles. The maximum absolute atomic E-state index is 13.0. The number of para-hydroxylation sites is 1. The Morgan fingerprint density at radius 3 is 2.37 bits per heavy atom. The standard InChI is InChI=1S/C24H23N5O/c1-15(2)22-27-23(29-28-22)19-11-7-8-12-21(19)26-24(30)18-13-14-20(25-16(18)3)17-9-5-4-6-10-17/h4-15H,1-3H3,(H,26,30)(H,27,28,29). The van der Waals surface area contributed by atoms with Crippen LogP contribution < -0.4 is 5.32 Å². The van der Waals surface area contributed by atoms with Crippen molar-refractivity contribution in [1.82, 2.24) is 20.2 Å². The van der Waals surface area contributed by atoms with Crippen LogP contribution in [-0.4, -0.2) is 26.1 Å². The Bertz CT molecular complexity index is 1180. The molecule has 0 fully saturated rings. The minimum Gasteiger partial charge on any atom is -0.321 e. The summed E-state index contributed by atoms with van der Waals surface area (Å²) in [5, 5.41) is 10.3. The Balaban J connectivity index is 1.60. The predicted molar refractivity (Wildman–Crippen MR) is 118 cm³/mol. The number of hydrogen-bond donors (Lipinski definition) is 2. The van der Waals surface area contributed by atoms with Crippen molar-refractivity contribution in [3.63, 3.8) is 0 Å². The molecule has 1 amide bonds. The second-order valence-electron chi connectivity index (χ2n) is 7.39. The fourth-order valence-electron chi connectivity index (χ4n) is 3.20. The predicted octanol–water partition coefficient (Wildman–Crippen LogP) is 5.22. The van der Waals surface area contributed by atoms with E-state index in [1.165, 1.54) is 0 Å². The number of carbonyl (C=O) groups is 1. The summed E-state index contributed by atoms with van der Waals surface area (Å²) in [7, 11) is 0. The van der Waals surface area contributed by atoms with Gasteiger partial charge in [0.25, 0.3) is 5.91 Å². The zero-order valence-corrected chi connectivity index (χ0v) is 17.2. The Hall–Kier alpha value is -3.80. The average Bonchev–Trinajstić information content (AvgIpc) is 3.25. The third-order valence-electron chi connectivity index (χ3n) is 4.87. The van der Waals surface area contributed by atoms with E-state index in [-0.39, 0.29) is 11.8 Å². The molecule has 0 radical (unpaired) electrons. The fourth-order valence-corrected chi connectivity index (χ4v) is 3.20. The number of hydrogen-bond acceptors (Lipinski definition) is 4. The van der Waals surface area contributed by atoms with Gasteiger partial charge in [0.1, 0.15) is 5.82 Å². The van der Waals surface area contributed by atoms with E-state index in [0.717, 1.165) is 22.6 Å². The number of aromatic amines is 1. The highest BCUT2D eigenvalue weighted by Crippen LogP contribution is 2.27. The molecule has 0 aliphatic heterocycles. The summed E-state index contributed by atoms with van der Waals surface area (Å²) in [4.78, 5) is 22.2. The SMILES string of the molecule is Cc1nc(-c2ccccc2)ccc1C(=O)Nc1ccccc1-c1n[nH]c(C(C)C)n1. The molecule has 4 rings (SSSR count). The third kappa shape index (κ3) is 3.98. The van der Waals surface area contributed by atoms with Gasteiger partial charge in [-0.25, -0.2) is 4.98 Å². The van der Waals surface area contributed by atoms with E-state index in [1.807, 2.05) is 87.5 Å². The van der Waals surface area contributed by atoms with Crippen LogP contribution >= 0.6 is 0 Å². The molecule has 4 aromatic rings. The summed E-state index contributed by atoms with van der Waals surface area (Å²) in [6.45, 7) is 5.94. The van der Waals surface area contributed by atoms with E-state index in [2.05, 4.69) is 25.5 Å². The van der Waals surface area contributed by atoms with Gasteiger partial charge in [-0.3, -0.25) is 14.9 Å². The summed E-state index contributed by atoms with van der Waals surface area (Å²) in [5.41, 5.74) is 4.48. The normalized spacial score (nSPS) is 10.9. The van der Waals surface area contributed by atoms with Crippen LogP contribution in [-0.2, 0) is 0 Å². The number of benzene rings is 2. The van der Waals surface area contributed by atoms with Crippen LogP contribution in [0.15, 0.2) is 66.7 Å². The summed E-state index contributed by atoms with van der Waals surface area (Å²) in [5.74, 6) is 1.39. The summed E-state index contributed by atoms with van der Waals surface area (Å²) < 4.78 is 0. The Kier molecular flexibility index (Phi) is 5.39. The van der Waals surface area contributed by atoms with Crippen LogP contribution in [0, 0.1) is 6.92 Å². The lowest BCUT2D eigenvalue weighted by Crippen LogP contribution is -2.15. The monoisotopic (exact) mass is 397 g/mol. The van der Waals surface area contributed by atoms with Gasteiger partial charge in [0.15, 0.2) is 5.82 Å². The Labute approximate surface area is 175 Å². The van der Waals surface area contributed by atoms with Crippen LogP contribution in [0.5, 0.6) is 0 Å². The molecule has 2 N–H and O–H groups in total. The van der Waals surface area contributed by atoms with Crippen molar-refractivity contribution in [2.24, 2.45) is 0 Å². The van der Waals surface area contributed by atoms with Gasteiger partial charge in [0, 0.05) is 17.0 Å². The second-order valence-corrected chi connectivity index (χ2v) is 7.39. The molecule has 2 heterocycles. The van der Waals surface area contributed by atoms with Gasteiger partial charge in [-0.15, -0.1) is 0 Å². The lowest BCUT2D eigenvalue weighted by atomic mass is 10.1. The molecule has 0 unspecified atom stereocenters. The highest BCUT2D eigenvalue weighted by Gasteiger charge is 2.16. The van der Waals surface area contributed by atoms with Crippen LogP contribution in [0.25, 0.3) is 22.6 Å². The molecule has 6 nitrogen and oxygen atoms in total. The van der Waals surface area contributed by atoms with Crippen LogP contribution in [0.3, 0.4) is 0 Å². The minimum absolute atomic E-state index is 0.216. The van der Waals surface area contributed by atoms with Gasteiger partial charge >= 0.3 is 0 Å². The zero-order valence-electron chi connectivity index (χ0n) is 17.2. The summed E-state index contributed by atoms with van der Waals surface area (Å²) >= 11 is 0. The molecule has 0 aliphatic rings. The largest absolute Gasteiger partial charge is 0.321 e. The van der Waals surface area contributed by atoms with Crippen LogP contribution in [0.2, 0.25) is 0 Å². The first-order chi connectivity index (χ1) is 14.5. The molecule has 0 bridgehead atoms. The number of amides is 1. The number of nitrogens with zero attached hydrogens (tertiary/aromatic N) is 3. The zero-order chi connectivity index (χ0) is 21.1. The molecule has 30 heavy (non-hydrogen) atoms. The number of rotatable bonds is 5. The van der Waals surface area contributed by atoms with Crippen LogP contribution in [0.4, 0.5) is 5.69 Å². The number of carbonyl (C=O) groups excluding carboxylic acids is 1. The third-order valence-corrected chi connectivity index (χ3v) is 4.87. The van der Waals surface area contributed by atoms with E-state index < -0.39 is 0 Å². The fraction of sp³-hybridized carbons (Fsp3) is 0.167. The second kappa shape index (κ2) is 8.29. The summed E-state index contributed by atoms with van der Waals surface area (Å²) in [6.07, 6.45) is 0. The van der Waals surface area contributed by atoms with Gasteiger partial charge in [-0.1, -0.05) is 56.3 Å². The van der Waals surface area contributed by atoms with Crippen molar-refractivity contribution >= 4 is 11.6 Å². The molecule has 2 aromatic heterocycles. The van der Waals surface area contributed by atoms with Gasteiger partial charge in [0.2, 0.25) is 0 Å². The number of aryl methyl sites for hydroxylation is 1. The van der Waals surface area contributed by atoms with Crippen molar-refractivity contribution in [3.8, 4) is 22.6 Å². The van der Waals surface area contributed by atoms with E-state index >= 15 is 0 Å². The topological polar surface area (TPSA) is 83.6 Å². The lowest BCUT2D eigenvalue weighted by Gasteiger charge is -2.11. The maximum Gasteiger partial charge on any atom is 0.257 e. The highest BCUT2D eigenvalue weighted by atomic mass is 16.1. The number of nitrogens with one attached hydrogen (secondary N) is 2. The molecule has 6 heteroatoms. The molecule has 2 aromatic carbocycles.